The number of aliphatic imine (C=N–C) groups is 1. The van der Waals surface area contributed by atoms with Gasteiger partial charge in [-0.3, -0.25) is 4.99 Å². The Balaban J connectivity index is 0.00000484. The molecule has 0 atom stereocenters. The van der Waals surface area contributed by atoms with Crippen LogP contribution >= 0.6 is 35.6 Å². The molecule has 0 radical (unpaired) electrons. The van der Waals surface area contributed by atoms with Crippen LogP contribution in [0.15, 0.2) is 34.2 Å². The first-order chi connectivity index (χ1) is 10.3. The Morgan fingerprint density at radius 1 is 1.35 bits per heavy atom. The quantitative estimate of drug-likeness (QED) is 0.245. The summed E-state index contributed by atoms with van der Waals surface area (Å²) in [6, 6.07) is 6.40. The lowest BCUT2D eigenvalue weighted by molar-refractivity contribution is 0.582. The lowest BCUT2D eigenvalue weighted by Gasteiger charge is -2.14. The van der Waals surface area contributed by atoms with E-state index >= 15 is 0 Å². The average Bonchev–Trinajstić information content (AvgIpc) is 2.43. The molecule has 9 heteroatoms. The Morgan fingerprint density at radius 2 is 2.04 bits per heavy atom. The number of nitrogens with one attached hydrogen (secondary N) is 3. The molecule has 0 fully saturated rings. The van der Waals surface area contributed by atoms with Gasteiger partial charge in [0.2, 0.25) is 10.0 Å². The van der Waals surface area contributed by atoms with E-state index in [4.69, 9.17) is 11.6 Å². The van der Waals surface area contributed by atoms with Crippen LogP contribution in [0.1, 0.15) is 20.8 Å². The first kappa shape index (κ1) is 22.4. The minimum Gasteiger partial charge on any atom is -0.357 e. The van der Waals surface area contributed by atoms with E-state index in [1.807, 2.05) is 20.8 Å². The minimum absolute atomic E-state index is 0. The van der Waals surface area contributed by atoms with E-state index in [2.05, 4.69) is 20.3 Å². The molecular formula is C14H24ClIN4O2S. The fraction of sp³-hybridized carbons (Fsp3) is 0.500. The zero-order valence-corrected chi connectivity index (χ0v) is 17.4. The molecule has 0 saturated carbocycles. The first-order valence-corrected chi connectivity index (χ1v) is 9.01. The summed E-state index contributed by atoms with van der Waals surface area (Å²) in [7, 11) is -3.56. The van der Waals surface area contributed by atoms with Crippen LogP contribution < -0.4 is 15.4 Å². The molecule has 0 aliphatic carbocycles. The molecule has 0 amide bonds. The van der Waals surface area contributed by atoms with Gasteiger partial charge in [-0.25, -0.2) is 13.1 Å². The lowest BCUT2D eigenvalue weighted by atomic mass is 10.4. The molecule has 1 aromatic rings. The van der Waals surface area contributed by atoms with Gasteiger partial charge in [0.25, 0.3) is 0 Å². The molecule has 0 aliphatic heterocycles. The largest absolute Gasteiger partial charge is 0.357 e. The summed E-state index contributed by atoms with van der Waals surface area (Å²) in [6.07, 6.45) is 0. The Kier molecular flexibility index (Phi) is 10.8. The van der Waals surface area contributed by atoms with Gasteiger partial charge in [-0.15, -0.1) is 24.0 Å². The Hall–Kier alpha value is -0.580. The molecule has 0 aliphatic rings. The van der Waals surface area contributed by atoms with Crippen molar-refractivity contribution >= 4 is 51.6 Å². The van der Waals surface area contributed by atoms with Crippen molar-refractivity contribution in [1.82, 2.24) is 15.4 Å². The highest BCUT2D eigenvalue weighted by Gasteiger charge is 2.13. The standard InChI is InChI=1S/C14H23ClN4O2S.HI/c1-4-16-14(19-11(2)3)17-8-9-18-22(20,21)13-7-5-6-12(15)10-13;/h5-7,10-11,18H,4,8-9H2,1-3H3,(H2,16,17,19);1H. The van der Waals surface area contributed by atoms with Crippen LogP contribution in [0, 0.1) is 0 Å². The van der Waals surface area contributed by atoms with E-state index in [9.17, 15) is 8.42 Å². The molecule has 6 nitrogen and oxygen atoms in total. The van der Waals surface area contributed by atoms with Crippen LogP contribution in [0.2, 0.25) is 5.02 Å². The van der Waals surface area contributed by atoms with Crippen molar-refractivity contribution in [2.75, 3.05) is 19.6 Å². The molecule has 1 rings (SSSR count). The maximum Gasteiger partial charge on any atom is 0.240 e. The number of rotatable bonds is 7. The molecular weight excluding hydrogens is 451 g/mol. The van der Waals surface area contributed by atoms with Gasteiger partial charge in [0.1, 0.15) is 0 Å². The van der Waals surface area contributed by atoms with Crippen LogP contribution in [0.3, 0.4) is 0 Å². The summed E-state index contributed by atoms with van der Waals surface area (Å²) in [4.78, 5) is 4.46. The van der Waals surface area contributed by atoms with Gasteiger partial charge in [-0.05, 0) is 39.0 Å². The van der Waals surface area contributed by atoms with Crippen molar-refractivity contribution < 1.29 is 8.42 Å². The summed E-state index contributed by atoms with van der Waals surface area (Å²) in [5.74, 6) is 0.666. The van der Waals surface area contributed by atoms with Gasteiger partial charge in [0, 0.05) is 24.2 Å². The summed E-state index contributed by atoms with van der Waals surface area (Å²) >= 11 is 5.81. The predicted octanol–water partition coefficient (Wildman–Crippen LogP) is 2.20. The molecule has 0 heterocycles. The van der Waals surface area contributed by atoms with Gasteiger partial charge in [-0.1, -0.05) is 17.7 Å². The molecule has 0 saturated heterocycles. The third kappa shape index (κ3) is 8.73. The zero-order chi connectivity index (χ0) is 16.6. The second-order valence-electron chi connectivity index (χ2n) is 4.91. The minimum atomic E-state index is -3.56. The van der Waals surface area contributed by atoms with Gasteiger partial charge < -0.3 is 10.6 Å². The lowest BCUT2D eigenvalue weighted by Crippen LogP contribution is -2.41. The highest BCUT2D eigenvalue weighted by atomic mass is 127. The number of sulfonamides is 1. The first-order valence-electron chi connectivity index (χ1n) is 7.15. The summed E-state index contributed by atoms with van der Waals surface area (Å²) < 4.78 is 26.7. The maximum atomic E-state index is 12.1. The van der Waals surface area contributed by atoms with Crippen LogP contribution in [-0.4, -0.2) is 40.1 Å². The molecule has 3 N–H and O–H groups in total. The third-order valence-electron chi connectivity index (χ3n) is 2.55. The normalized spacial score (nSPS) is 12.0. The monoisotopic (exact) mass is 474 g/mol. The van der Waals surface area contributed by atoms with Crippen molar-refractivity contribution in [3.8, 4) is 0 Å². The number of hydrogen-bond donors (Lipinski definition) is 3. The van der Waals surface area contributed by atoms with Crippen molar-refractivity contribution in [2.45, 2.75) is 31.7 Å². The van der Waals surface area contributed by atoms with Crippen LogP contribution in [0.4, 0.5) is 0 Å². The summed E-state index contributed by atoms with van der Waals surface area (Å²) in [5, 5.41) is 6.64. The predicted molar refractivity (Wildman–Crippen MR) is 106 cm³/mol. The number of nitrogens with zero attached hydrogens (tertiary/aromatic N) is 1. The van der Waals surface area contributed by atoms with E-state index in [0.717, 1.165) is 6.54 Å². The molecule has 0 spiro atoms. The molecule has 1 aromatic carbocycles. The topological polar surface area (TPSA) is 82.6 Å². The smallest absolute Gasteiger partial charge is 0.240 e. The number of guanidine groups is 1. The maximum absolute atomic E-state index is 12.1. The molecule has 132 valence electrons. The van der Waals surface area contributed by atoms with Gasteiger partial charge in [0.05, 0.1) is 11.4 Å². The van der Waals surface area contributed by atoms with E-state index in [1.165, 1.54) is 12.1 Å². The van der Waals surface area contributed by atoms with Crippen LogP contribution in [0.25, 0.3) is 0 Å². The van der Waals surface area contributed by atoms with E-state index in [0.29, 0.717) is 17.5 Å². The molecule has 23 heavy (non-hydrogen) atoms. The van der Waals surface area contributed by atoms with Gasteiger partial charge >= 0.3 is 0 Å². The van der Waals surface area contributed by atoms with E-state index in [1.54, 1.807) is 12.1 Å². The van der Waals surface area contributed by atoms with Gasteiger partial charge in [-0.2, -0.15) is 0 Å². The fourth-order valence-corrected chi connectivity index (χ4v) is 2.98. The van der Waals surface area contributed by atoms with E-state index < -0.39 is 10.0 Å². The Bertz CT molecular complexity index is 609. The number of halogens is 2. The molecule has 0 aromatic heterocycles. The molecule has 0 unspecified atom stereocenters. The van der Waals surface area contributed by atoms with Crippen molar-refractivity contribution in [1.29, 1.82) is 0 Å². The van der Waals surface area contributed by atoms with Crippen molar-refractivity contribution in [3.63, 3.8) is 0 Å². The second kappa shape index (κ2) is 11.1. The fourth-order valence-electron chi connectivity index (χ4n) is 1.66. The molecule has 0 bridgehead atoms. The Labute approximate surface area is 160 Å². The average molecular weight is 475 g/mol. The zero-order valence-electron chi connectivity index (χ0n) is 13.5. The third-order valence-corrected chi connectivity index (χ3v) is 4.24. The van der Waals surface area contributed by atoms with Crippen LogP contribution in [0.5, 0.6) is 0 Å². The highest BCUT2D eigenvalue weighted by Crippen LogP contribution is 2.14. The SMILES string of the molecule is CCNC(=NCCNS(=O)(=O)c1cccc(Cl)c1)NC(C)C.I. The Morgan fingerprint density at radius 3 is 2.61 bits per heavy atom. The number of benzene rings is 1. The number of hydrogen-bond acceptors (Lipinski definition) is 3. The highest BCUT2D eigenvalue weighted by molar-refractivity contribution is 14.0. The van der Waals surface area contributed by atoms with E-state index in [-0.39, 0.29) is 41.5 Å². The summed E-state index contributed by atoms with van der Waals surface area (Å²) in [6.45, 7) is 7.28. The summed E-state index contributed by atoms with van der Waals surface area (Å²) in [5.41, 5.74) is 0. The van der Waals surface area contributed by atoms with Crippen LogP contribution in [-0.2, 0) is 10.0 Å². The van der Waals surface area contributed by atoms with Crippen molar-refractivity contribution in [2.24, 2.45) is 4.99 Å². The second-order valence-corrected chi connectivity index (χ2v) is 7.12. The van der Waals surface area contributed by atoms with Crippen molar-refractivity contribution in [3.05, 3.63) is 29.3 Å². The van der Waals surface area contributed by atoms with Gasteiger partial charge in [0.15, 0.2) is 5.96 Å².